The van der Waals surface area contributed by atoms with Gasteiger partial charge in [0.15, 0.2) is 0 Å². The molecule has 180 valence electrons. The van der Waals surface area contributed by atoms with E-state index in [1.54, 1.807) is 12.3 Å². The van der Waals surface area contributed by atoms with Crippen molar-refractivity contribution in [3.63, 3.8) is 0 Å². The Morgan fingerprint density at radius 1 is 0.487 bits per heavy atom. The summed E-state index contributed by atoms with van der Waals surface area (Å²) in [5.74, 6) is 0. The summed E-state index contributed by atoms with van der Waals surface area (Å²) >= 11 is 0. The van der Waals surface area contributed by atoms with Gasteiger partial charge in [-0.05, 0) is 79.9 Å². The predicted octanol–water partition coefficient (Wildman–Crippen LogP) is 8.63. The largest absolute Gasteiger partial charge is 0.256 e. The minimum absolute atomic E-state index is 0.318. The molecular formula is C37H22N2. The monoisotopic (exact) mass is 494 g/mol. The van der Waals surface area contributed by atoms with Gasteiger partial charge in [0.25, 0.3) is 0 Å². The molecule has 5 aromatic carbocycles. The van der Waals surface area contributed by atoms with E-state index in [1.165, 1.54) is 50.1 Å². The summed E-state index contributed by atoms with van der Waals surface area (Å²) in [5.41, 5.74) is 15.0. The molecule has 2 aliphatic rings. The Morgan fingerprint density at radius 3 is 1.72 bits per heavy atom. The summed E-state index contributed by atoms with van der Waals surface area (Å²) in [7, 11) is 0. The highest BCUT2D eigenvalue weighted by atomic mass is 14.7. The third-order valence-corrected chi connectivity index (χ3v) is 8.38. The lowest BCUT2D eigenvalue weighted by atomic mass is 9.70. The van der Waals surface area contributed by atoms with Crippen LogP contribution in [0.3, 0.4) is 0 Å². The zero-order valence-electron chi connectivity index (χ0n) is 21.1. The SMILES string of the molecule is N#Cc1ccnc(-c2cccc(-c3ccc4c(c3)-c3ccccc3C43c4ccccc4-c4ccccc43)c2)c1. The first-order chi connectivity index (χ1) is 19.3. The third-order valence-electron chi connectivity index (χ3n) is 8.38. The average Bonchev–Trinajstić information content (AvgIpc) is 3.48. The minimum Gasteiger partial charge on any atom is -0.256 e. The van der Waals surface area contributed by atoms with Crippen molar-refractivity contribution in [2.45, 2.75) is 5.41 Å². The molecule has 0 N–H and O–H groups in total. The smallest absolute Gasteiger partial charge is 0.0992 e. The fourth-order valence-electron chi connectivity index (χ4n) is 6.80. The molecule has 1 heterocycles. The second-order valence-electron chi connectivity index (χ2n) is 10.3. The standard InChI is InChI=1S/C37H22N2/c38-23-24-18-19-39-36(20-24)27-9-7-8-25(21-27)26-16-17-35-31(22-26)30-12-3-6-15-34(30)37(35)32-13-4-1-10-28(32)29-11-2-5-14-33(29)37/h1-22H. The Labute approximate surface area is 227 Å². The molecule has 0 saturated carbocycles. The van der Waals surface area contributed by atoms with Gasteiger partial charge in [0.2, 0.25) is 0 Å². The van der Waals surface area contributed by atoms with E-state index in [1.807, 2.05) is 6.07 Å². The lowest BCUT2D eigenvalue weighted by Crippen LogP contribution is -2.25. The average molecular weight is 495 g/mol. The van der Waals surface area contributed by atoms with Gasteiger partial charge in [-0.15, -0.1) is 0 Å². The van der Waals surface area contributed by atoms with E-state index < -0.39 is 0 Å². The lowest BCUT2D eigenvalue weighted by Gasteiger charge is -2.30. The van der Waals surface area contributed by atoms with Crippen LogP contribution in [0.15, 0.2) is 134 Å². The van der Waals surface area contributed by atoms with Gasteiger partial charge in [0, 0.05) is 11.8 Å². The fraction of sp³-hybridized carbons (Fsp3) is 0.0270. The van der Waals surface area contributed by atoms with Crippen molar-refractivity contribution in [3.8, 4) is 50.7 Å². The van der Waals surface area contributed by atoms with Gasteiger partial charge in [-0.25, -0.2) is 0 Å². The number of hydrogen-bond acceptors (Lipinski definition) is 2. The van der Waals surface area contributed by atoms with Crippen LogP contribution in [-0.4, -0.2) is 4.98 Å². The third kappa shape index (κ3) is 2.93. The van der Waals surface area contributed by atoms with E-state index in [0.29, 0.717) is 5.56 Å². The first-order valence-electron chi connectivity index (χ1n) is 13.2. The number of hydrogen-bond donors (Lipinski definition) is 0. The van der Waals surface area contributed by atoms with Crippen LogP contribution in [0.2, 0.25) is 0 Å². The Kier molecular flexibility index (Phi) is 4.54. The number of fused-ring (bicyclic) bond motifs is 10. The van der Waals surface area contributed by atoms with Crippen LogP contribution in [0.1, 0.15) is 27.8 Å². The number of rotatable bonds is 2. The summed E-state index contributed by atoms with van der Waals surface area (Å²) in [6, 6.07) is 47.8. The van der Waals surface area contributed by atoms with Crippen molar-refractivity contribution in [2.24, 2.45) is 0 Å². The molecule has 1 spiro atoms. The topological polar surface area (TPSA) is 36.7 Å². The fourth-order valence-corrected chi connectivity index (χ4v) is 6.80. The highest BCUT2D eigenvalue weighted by molar-refractivity contribution is 5.96. The van der Waals surface area contributed by atoms with E-state index in [0.717, 1.165) is 16.8 Å². The molecule has 8 rings (SSSR count). The van der Waals surface area contributed by atoms with E-state index in [4.69, 9.17) is 0 Å². The van der Waals surface area contributed by atoms with Crippen LogP contribution >= 0.6 is 0 Å². The lowest BCUT2D eigenvalue weighted by molar-refractivity contribution is 0.794. The van der Waals surface area contributed by atoms with Crippen molar-refractivity contribution in [1.82, 2.24) is 4.98 Å². The first kappa shape index (κ1) is 21.8. The zero-order valence-corrected chi connectivity index (χ0v) is 21.1. The summed E-state index contributed by atoms with van der Waals surface area (Å²) in [6.07, 6.45) is 1.70. The van der Waals surface area contributed by atoms with Crippen LogP contribution in [0, 0.1) is 11.3 Å². The molecule has 0 atom stereocenters. The van der Waals surface area contributed by atoms with Gasteiger partial charge in [0.05, 0.1) is 22.7 Å². The molecule has 39 heavy (non-hydrogen) atoms. The maximum atomic E-state index is 9.34. The second-order valence-corrected chi connectivity index (χ2v) is 10.3. The molecule has 0 radical (unpaired) electrons. The Bertz CT molecular complexity index is 1950. The van der Waals surface area contributed by atoms with E-state index in [2.05, 4.69) is 126 Å². The molecule has 0 aliphatic heterocycles. The van der Waals surface area contributed by atoms with Crippen LogP contribution < -0.4 is 0 Å². The summed E-state index contributed by atoms with van der Waals surface area (Å²) in [6.45, 7) is 0. The molecule has 0 saturated heterocycles. The molecule has 2 heteroatoms. The van der Waals surface area contributed by atoms with Crippen molar-refractivity contribution in [1.29, 1.82) is 5.26 Å². The molecule has 2 nitrogen and oxygen atoms in total. The second kappa shape index (κ2) is 8.12. The van der Waals surface area contributed by atoms with Crippen LogP contribution in [0.4, 0.5) is 0 Å². The van der Waals surface area contributed by atoms with E-state index >= 15 is 0 Å². The normalized spacial score (nSPS) is 13.3. The Hall–Kier alpha value is -5.26. The molecule has 6 aromatic rings. The number of nitrogens with zero attached hydrogens (tertiary/aromatic N) is 2. The van der Waals surface area contributed by atoms with Crippen molar-refractivity contribution < 1.29 is 0 Å². The minimum atomic E-state index is -0.318. The van der Waals surface area contributed by atoms with Crippen molar-refractivity contribution >= 4 is 0 Å². The molecule has 0 unspecified atom stereocenters. The van der Waals surface area contributed by atoms with Gasteiger partial charge in [-0.2, -0.15) is 5.26 Å². The summed E-state index contributed by atoms with van der Waals surface area (Å²) < 4.78 is 0. The molecule has 0 fully saturated rings. The maximum absolute atomic E-state index is 9.34. The predicted molar refractivity (Wildman–Crippen MR) is 156 cm³/mol. The number of benzene rings is 5. The number of aromatic nitrogens is 1. The molecule has 0 bridgehead atoms. The molecule has 0 amide bonds. The van der Waals surface area contributed by atoms with Gasteiger partial charge < -0.3 is 0 Å². The van der Waals surface area contributed by atoms with E-state index in [-0.39, 0.29) is 5.41 Å². The van der Waals surface area contributed by atoms with Crippen LogP contribution in [-0.2, 0) is 5.41 Å². The molecular weight excluding hydrogens is 472 g/mol. The van der Waals surface area contributed by atoms with Crippen molar-refractivity contribution in [3.05, 3.63) is 161 Å². The summed E-state index contributed by atoms with van der Waals surface area (Å²) in [4.78, 5) is 4.52. The van der Waals surface area contributed by atoms with Gasteiger partial charge in [-0.1, -0.05) is 103 Å². The maximum Gasteiger partial charge on any atom is 0.0992 e. The highest BCUT2D eigenvalue weighted by Gasteiger charge is 2.51. The molecule has 1 aromatic heterocycles. The van der Waals surface area contributed by atoms with Gasteiger partial charge in [0.1, 0.15) is 0 Å². The number of nitriles is 1. The van der Waals surface area contributed by atoms with Gasteiger partial charge >= 0.3 is 0 Å². The van der Waals surface area contributed by atoms with E-state index in [9.17, 15) is 5.26 Å². The summed E-state index contributed by atoms with van der Waals surface area (Å²) in [5, 5.41) is 9.34. The Morgan fingerprint density at radius 2 is 1.05 bits per heavy atom. The quantitative estimate of drug-likeness (QED) is 0.241. The highest BCUT2D eigenvalue weighted by Crippen LogP contribution is 2.62. The molecule has 2 aliphatic carbocycles. The van der Waals surface area contributed by atoms with Crippen molar-refractivity contribution in [2.75, 3.05) is 0 Å². The Balaban J connectivity index is 1.35. The van der Waals surface area contributed by atoms with Crippen LogP contribution in [0.25, 0.3) is 44.6 Å². The first-order valence-corrected chi connectivity index (χ1v) is 13.2. The zero-order chi connectivity index (χ0) is 26.0. The van der Waals surface area contributed by atoms with Crippen LogP contribution in [0.5, 0.6) is 0 Å². The number of pyridine rings is 1. The van der Waals surface area contributed by atoms with Gasteiger partial charge in [-0.3, -0.25) is 4.98 Å².